The van der Waals surface area contributed by atoms with Gasteiger partial charge in [0.25, 0.3) is 11.8 Å². The molecule has 7 heteroatoms. The predicted octanol–water partition coefficient (Wildman–Crippen LogP) is 2.60. The molecular formula is C20H18N4O3. The number of nitrogens with zero attached hydrogens (tertiary/aromatic N) is 2. The number of hydrogen-bond donors (Lipinski definition) is 2. The Morgan fingerprint density at radius 3 is 2.37 bits per heavy atom. The van der Waals surface area contributed by atoms with Crippen LogP contribution in [0.5, 0.6) is 5.75 Å². The van der Waals surface area contributed by atoms with Gasteiger partial charge < -0.3 is 15.4 Å². The van der Waals surface area contributed by atoms with E-state index < -0.39 is 11.9 Å². The molecule has 0 aliphatic carbocycles. The summed E-state index contributed by atoms with van der Waals surface area (Å²) in [6.07, 6.45) is 4.24. The van der Waals surface area contributed by atoms with Gasteiger partial charge >= 0.3 is 0 Å². The first kappa shape index (κ1) is 18.1. The van der Waals surface area contributed by atoms with Crippen LogP contribution < -0.4 is 15.4 Å². The number of carbonyl (C=O) groups excluding carboxylic acids is 2. The summed E-state index contributed by atoms with van der Waals surface area (Å²) in [6, 6.07) is 15.0. The number of rotatable bonds is 6. The SMILES string of the molecule is COc1ccc(NC(=O)[C@H](NC(=O)c2cnccn2)c2ccccc2)cc1. The molecule has 0 bridgehead atoms. The number of hydrogen-bond acceptors (Lipinski definition) is 5. The van der Waals surface area contributed by atoms with Crippen molar-refractivity contribution in [3.63, 3.8) is 0 Å². The summed E-state index contributed by atoms with van der Waals surface area (Å²) in [7, 11) is 1.57. The van der Waals surface area contributed by atoms with Crippen LogP contribution in [0.4, 0.5) is 5.69 Å². The molecule has 0 radical (unpaired) electrons. The predicted molar refractivity (Wildman–Crippen MR) is 100 cm³/mol. The maximum Gasteiger partial charge on any atom is 0.272 e. The van der Waals surface area contributed by atoms with Gasteiger partial charge in [0.15, 0.2) is 0 Å². The summed E-state index contributed by atoms with van der Waals surface area (Å²) >= 11 is 0. The molecule has 2 N–H and O–H groups in total. The van der Waals surface area contributed by atoms with Crippen molar-refractivity contribution in [2.45, 2.75) is 6.04 Å². The number of amides is 2. The Morgan fingerprint density at radius 2 is 1.74 bits per heavy atom. The van der Waals surface area contributed by atoms with Gasteiger partial charge in [-0.3, -0.25) is 14.6 Å². The molecular weight excluding hydrogens is 344 g/mol. The van der Waals surface area contributed by atoms with Crippen molar-refractivity contribution in [3.05, 3.63) is 84.4 Å². The molecule has 3 aromatic rings. The lowest BCUT2D eigenvalue weighted by Gasteiger charge is -2.19. The van der Waals surface area contributed by atoms with Crippen molar-refractivity contribution < 1.29 is 14.3 Å². The molecule has 0 aliphatic heterocycles. The second kappa shape index (κ2) is 8.57. The molecule has 0 fully saturated rings. The molecule has 3 rings (SSSR count). The van der Waals surface area contributed by atoms with E-state index >= 15 is 0 Å². The molecule has 0 saturated heterocycles. The molecule has 2 amide bonds. The lowest BCUT2D eigenvalue weighted by Crippen LogP contribution is -2.37. The highest BCUT2D eigenvalue weighted by Gasteiger charge is 2.24. The van der Waals surface area contributed by atoms with Gasteiger partial charge in [-0.05, 0) is 29.8 Å². The van der Waals surface area contributed by atoms with Crippen LogP contribution >= 0.6 is 0 Å². The van der Waals surface area contributed by atoms with E-state index in [1.165, 1.54) is 18.6 Å². The largest absolute Gasteiger partial charge is 0.497 e. The highest BCUT2D eigenvalue weighted by atomic mass is 16.5. The van der Waals surface area contributed by atoms with E-state index in [4.69, 9.17) is 4.74 Å². The average Bonchev–Trinajstić information content (AvgIpc) is 2.73. The second-order valence-corrected chi connectivity index (χ2v) is 5.63. The highest BCUT2D eigenvalue weighted by molar-refractivity contribution is 6.00. The van der Waals surface area contributed by atoms with Crippen LogP contribution in [-0.4, -0.2) is 28.9 Å². The van der Waals surface area contributed by atoms with Gasteiger partial charge in [0, 0.05) is 18.1 Å². The van der Waals surface area contributed by atoms with E-state index in [0.717, 1.165) is 0 Å². The number of benzene rings is 2. The van der Waals surface area contributed by atoms with Gasteiger partial charge in [-0.15, -0.1) is 0 Å². The zero-order valence-electron chi connectivity index (χ0n) is 14.6. The molecule has 0 saturated carbocycles. The Bertz CT molecular complexity index is 900. The third kappa shape index (κ3) is 4.66. The summed E-state index contributed by atoms with van der Waals surface area (Å²) in [5.41, 5.74) is 1.38. The zero-order chi connectivity index (χ0) is 19.1. The first-order chi connectivity index (χ1) is 13.2. The van der Waals surface area contributed by atoms with Crippen molar-refractivity contribution >= 4 is 17.5 Å². The maximum atomic E-state index is 12.8. The number of aromatic nitrogens is 2. The summed E-state index contributed by atoms with van der Waals surface area (Å²) in [4.78, 5) is 33.1. The van der Waals surface area contributed by atoms with Crippen LogP contribution in [0, 0.1) is 0 Å². The fraction of sp³-hybridized carbons (Fsp3) is 0.100. The first-order valence-corrected chi connectivity index (χ1v) is 8.24. The number of ether oxygens (including phenoxy) is 1. The number of methoxy groups -OCH3 is 1. The standard InChI is InChI=1S/C20H18N4O3/c1-27-16-9-7-15(8-10-16)23-20(26)18(14-5-3-2-4-6-14)24-19(25)17-13-21-11-12-22-17/h2-13,18H,1H3,(H,23,26)(H,24,25)/t18-/m1/s1. The average molecular weight is 362 g/mol. The zero-order valence-corrected chi connectivity index (χ0v) is 14.6. The van der Waals surface area contributed by atoms with Gasteiger partial charge in [0.05, 0.1) is 13.3 Å². The van der Waals surface area contributed by atoms with Crippen molar-refractivity contribution in [1.29, 1.82) is 0 Å². The molecule has 1 aromatic heterocycles. The number of carbonyl (C=O) groups is 2. The normalized spacial score (nSPS) is 11.3. The van der Waals surface area contributed by atoms with Crippen LogP contribution in [0.3, 0.4) is 0 Å². The van der Waals surface area contributed by atoms with E-state index in [2.05, 4.69) is 20.6 Å². The molecule has 0 unspecified atom stereocenters. The van der Waals surface area contributed by atoms with Gasteiger partial charge in [-0.1, -0.05) is 30.3 Å². The van der Waals surface area contributed by atoms with Crippen molar-refractivity contribution in [2.75, 3.05) is 12.4 Å². The third-order valence-electron chi connectivity index (χ3n) is 3.82. The fourth-order valence-electron chi connectivity index (χ4n) is 2.46. The maximum absolute atomic E-state index is 12.8. The van der Waals surface area contributed by atoms with E-state index in [1.807, 2.05) is 6.07 Å². The van der Waals surface area contributed by atoms with Crippen molar-refractivity contribution in [1.82, 2.24) is 15.3 Å². The lowest BCUT2D eigenvalue weighted by atomic mass is 10.1. The Balaban J connectivity index is 1.81. The topological polar surface area (TPSA) is 93.2 Å². The van der Waals surface area contributed by atoms with Crippen molar-refractivity contribution in [3.8, 4) is 5.75 Å². The van der Waals surface area contributed by atoms with Crippen LogP contribution in [0.15, 0.2) is 73.2 Å². The third-order valence-corrected chi connectivity index (χ3v) is 3.82. The molecule has 7 nitrogen and oxygen atoms in total. The van der Waals surface area contributed by atoms with Gasteiger partial charge in [-0.25, -0.2) is 4.98 Å². The molecule has 1 atom stereocenters. The van der Waals surface area contributed by atoms with E-state index in [0.29, 0.717) is 17.0 Å². The molecule has 2 aromatic carbocycles. The first-order valence-electron chi connectivity index (χ1n) is 8.24. The monoisotopic (exact) mass is 362 g/mol. The summed E-state index contributed by atoms with van der Waals surface area (Å²) < 4.78 is 5.11. The van der Waals surface area contributed by atoms with E-state index in [1.54, 1.807) is 55.6 Å². The summed E-state index contributed by atoms with van der Waals surface area (Å²) in [6.45, 7) is 0. The van der Waals surface area contributed by atoms with Crippen LogP contribution in [-0.2, 0) is 4.79 Å². The number of anilines is 1. The minimum Gasteiger partial charge on any atom is -0.497 e. The quantitative estimate of drug-likeness (QED) is 0.703. The Labute approximate surface area is 156 Å². The Morgan fingerprint density at radius 1 is 1.00 bits per heavy atom. The Kier molecular flexibility index (Phi) is 5.73. The van der Waals surface area contributed by atoms with Gasteiger partial charge in [0.1, 0.15) is 17.5 Å². The minimum atomic E-state index is -0.886. The molecule has 0 aliphatic rings. The lowest BCUT2D eigenvalue weighted by molar-refractivity contribution is -0.118. The summed E-state index contributed by atoms with van der Waals surface area (Å²) in [5.74, 6) is -0.172. The van der Waals surface area contributed by atoms with Crippen LogP contribution in [0.1, 0.15) is 22.1 Å². The highest BCUT2D eigenvalue weighted by Crippen LogP contribution is 2.19. The van der Waals surface area contributed by atoms with E-state index in [-0.39, 0.29) is 11.6 Å². The molecule has 1 heterocycles. The smallest absolute Gasteiger partial charge is 0.272 e. The number of nitrogens with one attached hydrogen (secondary N) is 2. The molecule has 0 spiro atoms. The second-order valence-electron chi connectivity index (χ2n) is 5.63. The van der Waals surface area contributed by atoms with Crippen LogP contribution in [0.25, 0.3) is 0 Å². The van der Waals surface area contributed by atoms with Gasteiger partial charge in [-0.2, -0.15) is 0 Å². The summed E-state index contributed by atoms with van der Waals surface area (Å²) in [5, 5.41) is 5.52. The molecule has 136 valence electrons. The minimum absolute atomic E-state index is 0.135. The van der Waals surface area contributed by atoms with Gasteiger partial charge in [0.2, 0.25) is 0 Å². The fourth-order valence-corrected chi connectivity index (χ4v) is 2.46. The molecule has 27 heavy (non-hydrogen) atoms. The van der Waals surface area contributed by atoms with Crippen molar-refractivity contribution in [2.24, 2.45) is 0 Å². The van der Waals surface area contributed by atoms with Crippen LogP contribution in [0.2, 0.25) is 0 Å². The van der Waals surface area contributed by atoms with E-state index in [9.17, 15) is 9.59 Å². The Hall–Kier alpha value is -3.74.